The highest BCUT2D eigenvalue weighted by Crippen LogP contribution is 2.26. The van der Waals surface area contributed by atoms with Crippen LogP contribution in [0, 0.1) is 10.1 Å². The fourth-order valence-corrected chi connectivity index (χ4v) is 2.68. The Morgan fingerprint density at radius 2 is 2.04 bits per heavy atom. The Hall–Kier alpha value is -3.42. The topological polar surface area (TPSA) is 106 Å². The van der Waals surface area contributed by atoms with Gasteiger partial charge in [0.05, 0.1) is 4.92 Å². The van der Waals surface area contributed by atoms with Crippen molar-refractivity contribution in [1.29, 1.82) is 0 Å². The minimum atomic E-state index is -0.581. The van der Waals surface area contributed by atoms with Gasteiger partial charge in [-0.25, -0.2) is 0 Å². The molecule has 0 aliphatic rings. The number of halogens is 1. The number of furan rings is 1. The zero-order valence-electron chi connectivity index (χ0n) is 14.5. The minimum Gasteiger partial charge on any atom is -0.459 e. The molecule has 0 radical (unpaired) electrons. The third kappa shape index (κ3) is 4.64. The van der Waals surface area contributed by atoms with Gasteiger partial charge in [-0.05, 0) is 42.0 Å². The van der Waals surface area contributed by atoms with Crippen LogP contribution in [-0.2, 0) is 11.4 Å². The number of nitro groups is 1. The first-order valence-corrected chi connectivity index (χ1v) is 8.57. The molecule has 3 rings (SSSR count). The van der Waals surface area contributed by atoms with Crippen LogP contribution < -0.4 is 5.32 Å². The van der Waals surface area contributed by atoms with Crippen molar-refractivity contribution in [3.05, 3.63) is 87.1 Å². The van der Waals surface area contributed by atoms with Crippen LogP contribution in [0.1, 0.15) is 11.3 Å². The molecule has 0 saturated carbocycles. The summed E-state index contributed by atoms with van der Waals surface area (Å²) in [6.07, 6.45) is 2.74. The molecule has 1 heterocycles. The van der Waals surface area contributed by atoms with E-state index in [2.05, 4.69) is 5.32 Å². The number of nitrogens with one attached hydrogen (secondary N) is 1. The largest absolute Gasteiger partial charge is 0.459 e. The first-order chi connectivity index (χ1) is 13.5. The Balaban J connectivity index is 1.71. The van der Waals surface area contributed by atoms with Gasteiger partial charge >= 0.3 is 0 Å². The van der Waals surface area contributed by atoms with Crippen LogP contribution in [0.2, 0.25) is 5.02 Å². The first kappa shape index (κ1) is 19.3. The second kappa shape index (κ2) is 8.51. The number of anilines is 1. The van der Waals surface area contributed by atoms with Crippen LogP contribution in [0.5, 0.6) is 0 Å². The average molecular weight is 399 g/mol. The van der Waals surface area contributed by atoms with E-state index < -0.39 is 10.8 Å². The number of benzene rings is 2. The fraction of sp³-hybridized carbons (Fsp3) is 0.0500. The summed E-state index contributed by atoms with van der Waals surface area (Å²) in [5.74, 6) is 0.624. The Bertz CT molecular complexity index is 1060. The lowest BCUT2D eigenvalue weighted by atomic mass is 10.1. The summed E-state index contributed by atoms with van der Waals surface area (Å²) >= 11 is 5.77. The molecule has 0 atom stereocenters. The standard InChI is InChI=1S/C20H15ClN2O5/c21-17-7-4-13(10-18(17)23(26)27)5-9-20(25)22-15-3-1-2-14(11-15)19-8-6-16(12-24)28-19/h1-11,24H,12H2,(H,22,25)/b9-5+. The van der Waals surface area contributed by atoms with E-state index in [1.165, 1.54) is 24.3 Å². The average Bonchev–Trinajstić information content (AvgIpc) is 3.17. The number of aliphatic hydroxyl groups excluding tert-OH is 1. The van der Waals surface area contributed by atoms with Gasteiger partial charge in [0.2, 0.25) is 5.91 Å². The van der Waals surface area contributed by atoms with Crippen molar-refractivity contribution in [2.24, 2.45) is 0 Å². The lowest BCUT2D eigenvalue weighted by Crippen LogP contribution is -2.07. The predicted octanol–water partition coefficient (Wildman–Crippen LogP) is 4.65. The van der Waals surface area contributed by atoms with Gasteiger partial charge in [-0.2, -0.15) is 0 Å². The SMILES string of the molecule is O=C(/C=C/c1ccc(Cl)c([N+](=O)[O-])c1)Nc1cccc(-c2ccc(CO)o2)c1. The molecule has 1 amide bonds. The van der Waals surface area contributed by atoms with E-state index in [1.807, 2.05) is 6.07 Å². The van der Waals surface area contributed by atoms with Gasteiger partial charge < -0.3 is 14.8 Å². The summed E-state index contributed by atoms with van der Waals surface area (Å²) in [6, 6.07) is 14.7. The lowest BCUT2D eigenvalue weighted by Gasteiger charge is -2.04. The van der Waals surface area contributed by atoms with Crippen molar-refractivity contribution in [1.82, 2.24) is 0 Å². The molecule has 0 unspecified atom stereocenters. The zero-order chi connectivity index (χ0) is 20.1. The summed E-state index contributed by atoms with van der Waals surface area (Å²) in [5.41, 5.74) is 1.55. The Morgan fingerprint density at radius 3 is 2.75 bits per heavy atom. The predicted molar refractivity (Wildman–Crippen MR) is 106 cm³/mol. The molecule has 0 aliphatic carbocycles. The molecule has 28 heavy (non-hydrogen) atoms. The molecule has 1 aromatic heterocycles. The monoisotopic (exact) mass is 398 g/mol. The van der Waals surface area contributed by atoms with Gasteiger partial charge in [0.1, 0.15) is 23.2 Å². The maximum Gasteiger partial charge on any atom is 0.288 e. The smallest absolute Gasteiger partial charge is 0.288 e. The minimum absolute atomic E-state index is 0.0331. The molecule has 0 spiro atoms. The van der Waals surface area contributed by atoms with Crippen LogP contribution in [0.4, 0.5) is 11.4 Å². The second-order valence-electron chi connectivity index (χ2n) is 5.80. The number of amides is 1. The van der Waals surface area contributed by atoms with Gasteiger partial charge in [0.25, 0.3) is 5.69 Å². The highest BCUT2D eigenvalue weighted by molar-refractivity contribution is 6.32. The zero-order valence-corrected chi connectivity index (χ0v) is 15.2. The fourth-order valence-electron chi connectivity index (χ4n) is 2.50. The number of hydrogen-bond acceptors (Lipinski definition) is 5. The van der Waals surface area contributed by atoms with Gasteiger partial charge in [0, 0.05) is 23.4 Å². The Kier molecular flexibility index (Phi) is 5.88. The maximum absolute atomic E-state index is 12.2. The van der Waals surface area contributed by atoms with Crippen LogP contribution in [0.15, 0.2) is 65.1 Å². The lowest BCUT2D eigenvalue weighted by molar-refractivity contribution is -0.384. The highest BCUT2D eigenvalue weighted by Gasteiger charge is 2.12. The van der Waals surface area contributed by atoms with Gasteiger partial charge in [-0.1, -0.05) is 29.8 Å². The molecule has 0 fully saturated rings. The van der Waals surface area contributed by atoms with E-state index in [1.54, 1.807) is 36.4 Å². The van der Waals surface area contributed by atoms with Crippen molar-refractivity contribution in [2.45, 2.75) is 6.61 Å². The number of nitro benzene ring substituents is 1. The number of carbonyl (C=O) groups is 1. The summed E-state index contributed by atoms with van der Waals surface area (Å²) < 4.78 is 5.48. The number of hydrogen-bond donors (Lipinski definition) is 2. The Labute approximate surface area is 165 Å². The summed E-state index contributed by atoms with van der Waals surface area (Å²) in [7, 11) is 0. The molecular weight excluding hydrogens is 384 g/mol. The van der Waals surface area contributed by atoms with Crippen LogP contribution in [-0.4, -0.2) is 15.9 Å². The van der Waals surface area contributed by atoms with Crippen LogP contribution in [0.3, 0.4) is 0 Å². The molecule has 0 bridgehead atoms. The van der Waals surface area contributed by atoms with E-state index in [-0.39, 0.29) is 17.3 Å². The molecule has 0 saturated heterocycles. The van der Waals surface area contributed by atoms with E-state index >= 15 is 0 Å². The van der Waals surface area contributed by atoms with E-state index in [4.69, 9.17) is 21.1 Å². The third-order valence-electron chi connectivity index (χ3n) is 3.83. The quantitative estimate of drug-likeness (QED) is 0.357. The molecule has 142 valence electrons. The van der Waals surface area contributed by atoms with Gasteiger partial charge in [0.15, 0.2) is 0 Å². The van der Waals surface area contributed by atoms with E-state index in [0.717, 1.165) is 5.56 Å². The molecule has 2 aromatic carbocycles. The second-order valence-corrected chi connectivity index (χ2v) is 6.20. The first-order valence-electron chi connectivity index (χ1n) is 8.19. The van der Waals surface area contributed by atoms with Crippen molar-refractivity contribution < 1.29 is 19.2 Å². The van der Waals surface area contributed by atoms with Crippen LogP contribution in [0.25, 0.3) is 17.4 Å². The molecule has 7 nitrogen and oxygen atoms in total. The highest BCUT2D eigenvalue weighted by atomic mass is 35.5. The number of rotatable bonds is 6. The number of carbonyl (C=O) groups excluding carboxylic acids is 1. The summed E-state index contributed by atoms with van der Waals surface area (Å²) in [5, 5.41) is 22.8. The van der Waals surface area contributed by atoms with E-state index in [9.17, 15) is 14.9 Å². The van der Waals surface area contributed by atoms with Crippen molar-refractivity contribution >= 4 is 35.0 Å². The van der Waals surface area contributed by atoms with Gasteiger partial charge in [-0.15, -0.1) is 0 Å². The van der Waals surface area contributed by atoms with Crippen molar-refractivity contribution in [2.75, 3.05) is 5.32 Å². The van der Waals surface area contributed by atoms with Crippen LogP contribution >= 0.6 is 11.6 Å². The number of aliphatic hydroxyl groups is 1. The molecule has 2 N–H and O–H groups in total. The normalized spacial score (nSPS) is 10.9. The third-order valence-corrected chi connectivity index (χ3v) is 4.15. The van der Waals surface area contributed by atoms with Crippen molar-refractivity contribution in [3.8, 4) is 11.3 Å². The van der Waals surface area contributed by atoms with Crippen molar-refractivity contribution in [3.63, 3.8) is 0 Å². The van der Waals surface area contributed by atoms with Gasteiger partial charge in [-0.3, -0.25) is 14.9 Å². The molecule has 8 heteroatoms. The summed E-state index contributed by atoms with van der Waals surface area (Å²) in [6.45, 7) is -0.190. The molecule has 0 aliphatic heterocycles. The number of nitrogens with zero attached hydrogens (tertiary/aromatic N) is 1. The molecular formula is C20H15ClN2O5. The summed E-state index contributed by atoms with van der Waals surface area (Å²) in [4.78, 5) is 22.5. The Morgan fingerprint density at radius 1 is 1.21 bits per heavy atom. The molecule has 3 aromatic rings. The van der Waals surface area contributed by atoms with E-state index in [0.29, 0.717) is 22.8 Å². The maximum atomic E-state index is 12.2.